The molecule has 6 atom stereocenters. The van der Waals surface area contributed by atoms with E-state index in [9.17, 15) is 14.7 Å². The second-order valence-corrected chi connectivity index (χ2v) is 7.60. The molecule has 2 aliphatic carbocycles. The van der Waals surface area contributed by atoms with Crippen LogP contribution in [0, 0.1) is 28.1 Å². The Morgan fingerprint density at radius 1 is 1.25 bits per heavy atom. The zero-order valence-electron chi connectivity index (χ0n) is 11.8. The molecular formula is C15H20O5. The Balaban J connectivity index is 1.94. The van der Waals surface area contributed by atoms with Crippen LogP contribution in [0.5, 0.6) is 0 Å². The van der Waals surface area contributed by atoms with Crippen LogP contribution in [0.15, 0.2) is 0 Å². The van der Waals surface area contributed by atoms with Crippen molar-refractivity contribution in [2.24, 2.45) is 28.1 Å². The lowest BCUT2D eigenvalue weighted by molar-refractivity contribution is -0.229. The molecule has 110 valence electrons. The first-order chi connectivity index (χ1) is 9.37. The topological polar surface area (TPSA) is 72.8 Å². The third-order valence-corrected chi connectivity index (χ3v) is 6.61. The smallest absolute Gasteiger partial charge is 0.312 e. The van der Waals surface area contributed by atoms with E-state index in [1.54, 1.807) is 0 Å². The molecule has 1 spiro atoms. The molecule has 2 heterocycles. The first-order valence-corrected chi connectivity index (χ1v) is 7.38. The molecular weight excluding hydrogens is 260 g/mol. The van der Waals surface area contributed by atoms with Gasteiger partial charge in [-0.15, -0.1) is 0 Å². The number of hydrogen-bond acceptors (Lipinski definition) is 5. The Labute approximate surface area is 117 Å². The molecule has 4 rings (SSSR count). The number of rotatable bonds is 1. The van der Waals surface area contributed by atoms with Crippen molar-refractivity contribution in [1.82, 2.24) is 0 Å². The summed E-state index contributed by atoms with van der Waals surface area (Å²) in [6.07, 6.45) is 2.01. The Bertz CT molecular complexity index is 514. The molecule has 0 radical (unpaired) electrons. The highest BCUT2D eigenvalue weighted by atomic mass is 16.7. The minimum atomic E-state index is -0.743. The average Bonchev–Trinajstić information content (AvgIpc) is 2.92. The van der Waals surface area contributed by atoms with E-state index in [2.05, 4.69) is 13.8 Å². The van der Waals surface area contributed by atoms with Gasteiger partial charge in [-0.2, -0.15) is 0 Å². The van der Waals surface area contributed by atoms with E-state index in [1.165, 1.54) is 0 Å². The van der Waals surface area contributed by atoms with Gasteiger partial charge in [0.25, 0.3) is 6.29 Å². The maximum Gasteiger partial charge on any atom is 0.312 e. The Morgan fingerprint density at radius 2 is 2.00 bits per heavy atom. The standard InChI is InChI=1S/C15H20O5/c1-13(7-16)6-14(2)5-10(17)19-12-15(14)8(11(18)20-12)3-4-9(13)15/h8-9,12,16H,3-7H2,1-2H3. The molecule has 5 nitrogen and oxygen atoms in total. The van der Waals surface area contributed by atoms with Crippen molar-refractivity contribution in [3.05, 3.63) is 0 Å². The molecule has 6 unspecified atom stereocenters. The molecule has 0 aromatic carbocycles. The molecule has 5 heteroatoms. The van der Waals surface area contributed by atoms with Gasteiger partial charge >= 0.3 is 11.9 Å². The fraction of sp³-hybridized carbons (Fsp3) is 0.867. The molecule has 0 aromatic rings. The quantitative estimate of drug-likeness (QED) is 0.732. The lowest BCUT2D eigenvalue weighted by Gasteiger charge is -2.48. The first kappa shape index (κ1) is 12.6. The van der Waals surface area contributed by atoms with Crippen molar-refractivity contribution < 1.29 is 24.2 Å². The maximum absolute atomic E-state index is 12.2. The number of aliphatic hydroxyl groups is 1. The summed E-state index contributed by atoms with van der Waals surface area (Å²) in [5, 5.41) is 9.90. The minimum Gasteiger partial charge on any atom is -0.424 e. The summed E-state index contributed by atoms with van der Waals surface area (Å²) < 4.78 is 10.8. The van der Waals surface area contributed by atoms with Gasteiger partial charge in [0.2, 0.25) is 0 Å². The minimum absolute atomic E-state index is 0.0802. The van der Waals surface area contributed by atoms with E-state index in [1.807, 2.05) is 0 Å². The van der Waals surface area contributed by atoms with Crippen LogP contribution in [0.4, 0.5) is 0 Å². The number of hydrogen-bond donors (Lipinski definition) is 1. The van der Waals surface area contributed by atoms with E-state index >= 15 is 0 Å². The molecule has 0 amide bonds. The van der Waals surface area contributed by atoms with Gasteiger partial charge < -0.3 is 14.6 Å². The predicted octanol–water partition coefficient (Wildman–Crippen LogP) is 1.24. The summed E-state index contributed by atoms with van der Waals surface area (Å²) in [6, 6.07) is 0. The van der Waals surface area contributed by atoms with Crippen molar-refractivity contribution in [3.63, 3.8) is 0 Å². The summed E-state index contributed by atoms with van der Waals surface area (Å²) in [5.41, 5.74) is -0.998. The molecule has 2 saturated heterocycles. The highest BCUT2D eigenvalue weighted by Crippen LogP contribution is 2.77. The second kappa shape index (κ2) is 3.38. The maximum atomic E-state index is 12.2. The number of carbonyl (C=O) groups is 2. The summed E-state index contributed by atoms with van der Waals surface area (Å²) in [7, 11) is 0. The molecule has 4 fully saturated rings. The van der Waals surface area contributed by atoms with Crippen LogP contribution in [-0.2, 0) is 19.1 Å². The summed E-state index contributed by atoms with van der Waals surface area (Å²) in [4.78, 5) is 24.1. The summed E-state index contributed by atoms with van der Waals surface area (Å²) >= 11 is 0. The van der Waals surface area contributed by atoms with Crippen molar-refractivity contribution >= 4 is 11.9 Å². The van der Waals surface area contributed by atoms with Crippen molar-refractivity contribution in [2.45, 2.75) is 45.8 Å². The molecule has 20 heavy (non-hydrogen) atoms. The lowest BCUT2D eigenvalue weighted by Crippen LogP contribution is -2.54. The third kappa shape index (κ3) is 1.08. The largest absolute Gasteiger partial charge is 0.424 e. The second-order valence-electron chi connectivity index (χ2n) is 7.60. The van der Waals surface area contributed by atoms with Crippen LogP contribution in [0.2, 0.25) is 0 Å². The van der Waals surface area contributed by atoms with E-state index in [0.717, 1.165) is 19.3 Å². The molecule has 4 aliphatic rings. The van der Waals surface area contributed by atoms with Crippen molar-refractivity contribution in [2.75, 3.05) is 6.61 Å². The number of esters is 2. The van der Waals surface area contributed by atoms with Crippen molar-refractivity contribution in [3.8, 4) is 0 Å². The van der Waals surface area contributed by atoms with Crippen LogP contribution in [-0.4, -0.2) is 29.9 Å². The van der Waals surface area contributed by atoms with Gasteiger partial charge in [0, 0.05) is 6.61 Å². The van der Waals surface area contributed by atoms with Crippen LogP contribution >= 0.6 is 0 Å². The summed E-state index contributed by atoms with van der Waals surface area (Å²) in [6.45, 7) is 4.23. The van der Waals surface area contributed by atoms with Gasteiger partial charge in [-0.3, -0.25) is 9.59 Å². The Hall–Kier alpha value is -1.10. The normalized spacial score (nSPS) is 56.2. The van der Waals surface area contributed by atoms with Gasteiger partial charge in [0.05, 0.1) is 17.8 Å². The highest BCUT2D eigenvalue weighted by molar-refractivity contribution is 5.80. The van der Waals surface area contributed by atoms with Crippen LogP contribution in [0.3, 0.4) is 0 Å². The first-order valence-electron chi connectivity index (χ1n) is 7.38. The van der Waals surface area contributed by atoms with E-state index in [0.29, 0.717) is 6.42 Å². The number of carbonyl (C=O) groups excluding carboxylic acids is 2. The van der Waals surface area contributed by atoms with E-state index in [4.69, 9.17) is 9.47 Å². The van der Waals surface area contributed by atoms with E-state index < -0.39 is 11.7 Å². The van der Waals surface area contributed by atoms with Crippen LogP contribution < -0.4 is 0 Å². The van der Waals surface area contributed by atoms with Gasteiger partial charge in [0.1, 0.15) is 0 Å². The van der Waals surface area contributed by atoms with Crippen LogP contribution in [0.25, 0.3) is 0 Å². The molecule has 0 bridgehead atoms. The molecule has 2 aliphatic heterocycles. The SMILES string of the molecule is CC1(CO)CC2(C)CC(=O)OC3OC(=O)C4CCC1C342. The fourth-order valence-electron chi connectivity index (χ4n) is 6.18. The van der Waals surface area contributed by atoms with Gasteiger partial charge in [-0.05, 0) is 36.0 Å². The number of aliphatic hydroxyl groups excluding tert-OH is 1. The lowest BCUT2D eigenvalue weighted by atomic mass is 9.57. The van der Waals surface area contributed by atoms with Gasteiger partial charge in [0.15, 0.2) is 0 Å². The zero-order chi connectivity index (χ0) is 14.3. The van der Waals surface area contributed by atoms with Gasteiger partial charge in [-0.25, -0.2) is 0 Å². The van der Waals surface area contributed by atoms with E-state index in [-0.39, 0.29) is 41.2 Å². The summed E-state index contributed by atoms with van der Waals surface area (Å²) in [5.74, 6) is -0.506. The average molecular weight is 280 g/mol. The molecule has 0 aromatic heterocycles. The van der Waals surface area contributed by atoms with Crippen LogP contribution in [0.1, 0.15) is 39.5 Å². The third-order valence-electron chi connectivity index (χ3n) is 6.61. The highest BCUT2D eigenvalue weighted by Gasteiger charge is 2.81. The van der Waals surface area contributed by atoms with Crippen molar-refractivity contribution in [1.29, 1.82) is 0 Å². The monoisotopic (exact) mass is 280 g/mol. The molecule has 2 saturated carbocycles. The molecule has 1 N–H and O–H groups in total. The Kier molecular flexibility index (Phi) is 2.13. The predicted molar refractivity (Wildman–Crippen MR) is 67.2 cm³/mol. The number of ether oxygens (including phenoxy) is 2. The Morgan fingerprint density at radius 3 is 2.70 bits per heavy atom. The van der Waals surface area contributed by atoms with Gasteiger partial charge in [-0.1, -0.05) is 13.8 Å². The fourth-order valence-corrected chi connectivity index (χ4v) is 6.18. The zero-order valence-corrected chi connectivity index (χ0v) is 11.8.